The standard InChI is InChI=1S/C22H21N5O/c1-16-21(17(2)27(24-16)19-11-7-4-8-12-19)22(28)23-20-13-14-26(25-20)15-18-9-5-3-6-10-18/h3-14H,15H2,1-2H3,(H,23,25,28). The molecule has 2 heterocycles. The summed E-state index contributed by atoms with van der Waals surface area (Å²) < 4.78 is 3.59. The highest BCUT2D eigenvalue weighted by atomic mass is 16.1. The molecule has 2 aromatic carbocycles. The molecule has 0 saturated carbocycles. The molecule has 0 radical (unpaired) electrons. The fourth-order valence-corrected chi connectivity index (χ4v) is 3.26. The van der Waals surface area contributed by atoms with E-state index in [2.05, 4.69) is 15.5 Å². The highest BCUT2D eigenvalue weighted by molar-refractivity contribution is 6.05. The van der Waals surface area contributed by atoms with Crippen molar-refractivity contribution in [1.29, 1.82) is 0 Å². The minimum absolute atomic E-state index is 0.206. The Hall–Kier alpha value is -3.67. The Labute approximate surface area is 163 Å². The average Bonchev–Trinajstić information content (AvgIpc) is 3.26. The molecule has 2 aromatic heterocycles. The van der Waals surface area contributed by atoms with Gasteiger partial charge in [-0.15, -0.1) is 0 Å². The summed E-state index contributed by atoms with van der Waals surface area (Å²) in [6.45, 7) is 4.39. The van der Waals surface area contributed by atoms with Crippen molar-refractivity contribution in [1.82, 2.24) is 19.6 Å². The third kappa shape index (κ3) is 3.57. The molecule has 0 spiro atoms. The minimum Gasteiger partial charge on any atom is -0.305 e. The lowest BCUT2D eigenvalue weighted by molar-refractivity contribution is 0.102. The first-order valence-corrected chi connectivity index (χ1v) is 9.12. The smallest absolute Gasteiger partial charge is 0.260 e. The van der Waals surface area contributed by atoms with Gasteiger partial charge in [-0.2, -0.15) is 10.2 Å². The molecule has 0 atom stereocenters. The van der Waals surface area contributed by atoms with Crippen LogP contribution in [0.15, 0.2) is 72.9 Å². The van der Waals surface area contributed by atoms with Crippen LogP contribution in [0.1, 0.15) is 27.3 Å². The van der Waals surface area contributed by atoms with Crippen molar-refractivity contribution in [3.8, 4) is 5.69 Å². The van der Waals surface area contributed by atoms with Gasteiger partial charge in [0.05, 0.1) is 29.2 Å². The zero-order chi connectivity index (χ0) is 19.5. The number of nitrogens with one attached hydrogen (secondary N) is 1. The zero-order valence-corrected chi connectivity index (χ0v) is 15.8. The summed E-state index contributed by atoms with van der Waals surface area (Å²) in [5, 5.41) is 11.9. The van der Waals surface area contributed by atoms with E-state index in [0.29, 0.717) is 23.6 Å². The number of anilines is 1. The van der Waals surface area contributed by atoms with Gasteiger partial charge >= 0.3 is 0 Å². The van der Waals surface area contributed by atoms with Gasteiger partial charge in [0.1, 0.15) is 0 Å². The number of carbonyl (C=O) groups is 1. The first-order valence-electron chi connectivity index (χ1n) is 9.12. The molecule has 0 fully saturated rings. The van der Waals surface area contributed by atoms with Gasteiger partial charge in [-0.05, 0) is 31.5 Å². The molecule has 0 bridgehead atoms. The van der Waals surface area contributed by atoms with Gasteiger partial charge < -0.3 is 5.32 Å². The predicted octanol–water partition coefficient (Wildman–Crippen LogP) is 3.99. The Morgan fingerprint density at radius 3 is 2.32 bits per heavy atom. The molecule has 4 aromatic rings. The summed E-state index contributed by atoms with van der Waals surface area (Å²) in [5.41, 5.74) is 4.13. The summed E-state index contributed by atoms with van der Waals surface area (Å²) in [7, 11) is 0. The number of benzene rings is 2. The normalized spacial score (nSPS) is 10.8. The number of hydrogen-bond donors (Lipinski definition) is 1. The van der Waals surface area contributed by atoms with Crippen LogP contribution in [-0.2, 0) is 6.54 Å². The number of hydrogen-bond acceptors (Lipinski definition) is 3. The van der Waals surface area contributed by atoms with Crippen LogP contribution in [0, 0.1) is 13.8 Å². The van der Waals surface area contributed by atoms with Gasteiger partial charge in [0, 0.05) is 12.3 Å². The second kappa shape index (κ2) is 7.52. The monoisotopic (exact) mass is 371 g/mol. The molecular weight excluding hydrogens is 350 g/mol. The van der Waals surface area contributed by atoms with Crippen molar-refractivity contribution in [2.45, 2.75) is 20.4 Å². The minimum atomic E-state index is -0.206. The molecule has 0 saturated heterocycles. The van der Waals surface area contributed by atoms with Gasteiger partial charge in [0.15, 0.2) is 5.82 Å². The molecule has 0 aliphatic heterocycles. The first kappa shape index (κ1) is 17.7. The van der Waals surface area contributed by atoms with Crippen molar-refractivity contribution in [2.75, 3.05) is 5.32 Å². The summed E-state index contributed by atoms with van der Waals surface area (Å²) >= 11 is 0. The van der Waals surface area contributed by atoms with E-state index in [1.165, 1.54) is 0 Å². The SMILES string of the molecule is Cc1nn(-c2ccccc2)c(C)c1C(=O)Nc1ccn(Cc2ccccc2)n1. The number of nitrogens with zero attached hydrogens (tertiary/aromatic N) is 4. The van der Waals surface area contributed by atoms with Crippen molar-refractivity contribution < 1.29 is 4.79 Å². The van der Waals surface area contributed by atoms with Crippen LogP contribution in [0.4, 0.5) is 5.82 Å². The van der Waals surface area contributed by atoms with Crippen LogP contribution in [0.2, 0.25) is 0 Å². The second-order valence-electron chi connectivity index (χ2n) is 6.63. The molecular formula is C22H21N5O. The van der Waals surface area contributed by atoms with Gasteiger partial charge in [-0.1, -0.05) is 48.5 Å². The van der Waals surface area contributed by atoms with Crippen LogP contribution in [0.3, 0.4) is 0 Å². The summed E-state index contributed by atoms with van der Waals surface area (Å²) in [6, 6.07) is 21.7. The molecule has 4 rings (SSSR count). The third-order valence-corrected chi connectivity index (χ3v) is 4.59. The van der Waals surface area contributed by atoms with E-state index in [1.54, 1.807) is 15.4 Å². The molecule has 0 aliphatic rings. The van der Waals surface area contributed by atoms with Gasteiger partial charge in [0.2, 0.25) is 0 Å². The molecule has 0 aliphatic carbocycles. The van der Waals surface area contributed by atoms with Gasteiger partial charge in [0.25, 0.3) is 5.91 Å². The summed E-state index contributed by atoms with van der Waals surface area (Å²) in [5.74, 6) is 0.314. The molecule has 28 heavy (non-hydrogen) atoms. The molecule has 1 N–H and O–H groups in total. The maximum Gasteiger partial charge on any atom is 0.260 e. The van der Waals surface area contributed by atoms with Crippen molar-refractivity contribution >= 4 is 11.7 Å². The van der Waals surface area contributed by atoms with E-state index in [4.69, 9.17) is 0 Å². The number of carbonyl (C=O) groups excluding carboxylic acids is 1. The van der Waals surface area contributed by atoms with Gasteiger partial charge in [-0.3, -0.25) is 9.48 Å². The fourth-order valence-electron chi connectivity index (χ4n) is 3.26. The highest BCUT2D eigenvalue weighted by Crippen LogP contribution is 2.19. The summed E-state index contributed by atoms with van der Waals surface area (Å²) in [4.78, 5) is 12.9. The molecule has 1 amide bonds. The first-order chi connectivity index (χ1) is 13.6. The second-order valence-corrected chi connectivity index (χ2v) is 6.63. The number of aromatic nitrogens is 4. The third-order valence-electron chi connectivity index (χ3n) is 4.59. The van der Waals surface area contributed by atoms with Crippen molar-refractivity contribution in [2.24, 2.45) is 0 Å². The number of aryl methyl sites for hydroxylation is 1. The van der Waals surface area contributed by atoms with Crippen molar-refractivity contribution in [3.05, 3.63) is 95.4 Å². The Morgan fingerprint density at radius 1 is 0.929 bits per heavy atom. The highest BCUT2D eigenvalue weighted by Gasteiger charge is 2.20. The largest absolute Gasteiger partial charge is 0.305 e. The van der Waals surface area contributed by atoms with E-state index in [-0.39, 0.29) is 5.91 Å². The van der Waals surface area contributed by atoms with E-state index in [0.717, 1.165) is 16.9 Å². The van der Waals surface area contributed by atoms with E-state index in [9.17, 15) is 4.79 Å². The Kier molecular flexibility index (Phi) is 4.76. The van der Waals surface area contributed by atoms with E-state index < -0.39 is 0 Å². The van der Waals surface area contributed by atoms with Crippen LogP contribution in [0.5, 0.6) is 0 Å². The Bertz CT molecular complexity index is 1100. The molecule has 0 unspecified atom stereocenters. The van der Waals surface area contributed by atoms with E-state index in [1.807, 2.05) is 80.7 Å². The average molecular weight is 371 g/mol. The Morgan fingerprint density at radius 2 is 1.61 bits per heavy atom. The molecule has 140 valence electrons. The number of amides is 1. The zero-order valence-electron chi connectivity index (χ0n) is 15.8. The number of para-hydroxylation sites is 1. The van der Waals surface area contributed by atoms with Crippen molar-refractivity contribution in [3.63, 3.8) is 0 Å². The van der Waals surface area contributed by atoms with Crippen LogP contribution < -0.4 is 5.32 Å². The van der Waals surface area contributed by atoms with Gasteiger partial charge in [-0.25, -0.2) is 4.68 Å². The van der Waals surface area contributed by atoms with Crippen LogP contribution in [-0.4, -0.2) is 25.5 Å². The Balaban J connectivity index is 1.52. The lowest BCUT2D eigenvalue weighted by atomic mass is 10.2. The topological polar surface area (TPSA) is 64.7 Å². The van der Waals surface area contributed by atoms with E-state index >= 15 is 0 Å². The molecule has 6 heteroatoms. The predicted molar refractivity (Wildman–Crippen MR) is 109 cm³/mol. The lowest BCUT2D eigenvalue weighted by Crippen LogP contribution is -2.15. The lowest BCUT2D eigenvalue weighted by Gasteiger charge is -2.05. The van der Waals surface area contributed by atoms with Crippen LogP contribution in [0.25, 0.3) is 5.69 Å². The molecule has 6 nitrogen and oxygen atoms in total. The maximum absolute atomic E-state index is 12.9. The maximum atomic E-state index is 12.9. The number of rotatable bonds is 5. The summed E-state index contributed by atoms with van der Waals surface area (Å²) in [6.07, 6.45) is 1.86. The quantitative estimate of drug-likeness (QED) is 0.577. The van der Waals surface area contributed by atoms with Crippen LogP contribution >= 0.6 is 0 Å². The fraction of sp³-hybridized carbons (Fsp3) is 0.136.